The van der Waals surface area contributed by atoms with Crippen LogP contribution < -0.4 is 10.8 Å². The Hall–Kier alpha value is -1.89. The second-order valence-electron chi connectivity index (χ2n) is 4.76. The maximum atomic E-state index is 11.4. The highest BCUT2D eigenvalue weighted by atomic mass is 35.5. The number of aromatic nitrogens is 2. The van der Waals surface area contributed by atoms with E-state index in [-0.39, 0.29) is 23.0 Å². The van der Waals surface area contributed by atoms with E-state index < -0.39 is 11.7 Å². The highest BCUT2D eigenvalue weighted by molar-refractivity contribution is 6.29. The molecule has 1 aromatic rings. The minimum atomic E-state index is -0.633. The lowest BCUT2D eigenvalue weighted by Crippen LogP contribution is -2.40. The number of rotatable bonds is 2. The summed E-state index contributed by atoms with van der Waals surface area (Å²) in [5, 5.41) is 21.7. The van der Waals surface area contributed by atoms with E-state index in [1.165, 1.54) is 12.1 Å². The van der Waals surface area contributed by atoms with Crippen molar-refractivity contribution in [1.29, 1.82) is 10.8 Å². The molecule has 1 aromatic heterocycles. The van der Waals surface area contributed by atoms with Crippen LogP contribution in [0.3, 0.4) is 0 Å². The zero-order valence-corrected chi connectivity index (χ0v) is 11.7. The van der Waals surface area contributed by atoms with Crippen LogP contribution in [-0.2, 0) is 4.74 Å². The first-order valence-corrected chi connectivity index (χ1v) is 5.92. The molecule has 1 heterocycles. The van der Waals surface area contributed by atoms with Crippen molar-refractivity contribution in [2.75, 3.05) is 6.54 Å². The summed E-state index contributed by atoms with van der Waals surface area (Å²) in [5.41, 5.74) is -0.603. The molecule has 0 aliphatic heterocycles. The summed E-state index contributed by atoms with van der Waals surface area (Å²) in [4.78, 5) is 11.4. The van der Waals surface area contributed by atoms with Gasteiger partial charge in [-0.15, -0.1) is 0 Å². The Balaban J connectivity index is 2.64. The van der Waals surface area contributed by atoms with Crippen molar-refractivity contribution >= 4 is 23.5 Å². The molecule has 1 rings (SSSR count). The molecular formula is C11H16ClN5O2. The van der Waals surface area contributed by atoms with Crippen molar-refractivity contribution in [1.82, 2.24) is 15.1 Å². The van der Waals surface area contributed by atoms with Crippen LogP contribution in [-0.4, -0.2) is 33.9 Å². The third-order valence-electron chi connectivity index (χ3n) is 1.86. The van der Waals surface area contributed by atoms with E-state index in [4.69, 9.17) is 27.2 Å². The second-order valence-corrected chi connectivity index (χ2v) is 5.14. The third-order valence-corrected chi connectivity index (χ3v) is 2.06. The van der Waals surface area contributed by atoms with Crippen LogP contribution in [0.1, 0.15) is 20.8 Å². The Labute approximate surface area is 115 Å². The number of halogens is 1. The van der Waals surface area contributed by atoms with E-state index in [0.29, 0.717) is 0 Å². The molecule has 0 saturated carbocycles. The highest BCUT2D eigenvalue weighted by Crippen LogP contribution is 2.06. The number of carbonyl (C=O) groups excluding carboxylic acids is 1. The highest BCUT2D eigenvalue weighted by Gasteiger charge is 2.16. The van der Waals surface area contributed by atoms with E-state index in [9.17, 15) is 4.79 Å². The van der Waals surface area contributed by atoms with Crippen LogP contribution in [0.15, 0.2) is 12.1 Å². The molecule has 0 aliphatic carbocycles. The Morgan fingerprint density at radius 1 is 1.53 bits per heavy atom. The number of carbonyl (C=O) groups is 1. The van der Waals surface area contributed by atoms with Gasteiger partial charge in [0, 0.05) is 0 Å². The Kier molecular flexibility index (Phi) is 4.66. The molecule has 8 heteroatoms. The Morgan fingerprint density at radius 2 is 2.16 bits per heavy atom. The predicted molar refractivity (Wildman–Crippen MR) is 70.5 cm³/mol. The average molecular weight is 286 g/mol. The van der Waals surface area contributed by atoms with Gasteiger partial charge in [0.05, 0.1) is 6.54 Å². The predicted octanol–water partition coefficient (Wildman–Crippen LogP) is 1.37. The smallest absolute Gasteiger partial charge is 0.408 e. The van der Waals surface area contributed by atoms with Crippen molar-refractivity contribution in [2.45, 2.75) is 26.4 Å². The van der Waals surface area contributed by atoms with Crippen molar-refractivity contribution in [3.63, 3.8) is 0 Å². The van der Waals surface area contributed by atoms with Gasteiger partial charge in [-0.1, -0.05) is 11.6 Å². The summed E-state index contributed by atoms with van der Waals surface area (Å²) in [7, 11) is 0. The quantitative estimate of drug-likeness (QED) is 0.564. The zero-order valence-electron chi connectivity index (χ0n) is 11.0. The van der Waals surface area contributed by atoms with Crippen molar-refractivity contribution in [3.05, 3.63) is 22.8 Å². The molecular weight excluding hydrogens is 270 g/mol. The summed E-state index contributed by atoms with van der Waals surface area (Å²) in [6, 6.07) is 2.87. The Bertz CT molecular complexity index is 547. The monoisotopic (exact) mass is 285 g/mol. The van der Waals surface area contributed by atoms with Gasteiger partial charge in [-0.2, -0.15) is 9.78 Å². The maximum Gasteiger partial charge on any atom is 0.408 e. The number of alkyl carbamates (subject to hydrolysis) is 1. The van der Waals surface area contributed by atoms with Gasteiger partial charge in [0.1, 0.15) is 22.1 Å². The molecule has 0 unspecified atom stereocenters. The topological polar surface area (TPSA) is 104 Å². The van der Waals surface area contributed by atoms with Crippen molar-refractivity contribution in [3.8, 4) is 0 Å². The second kappa shape index (κ2) is 5.83. The number of nitrogens with zero attached hydrogens (tertiary/aromatic N) is 2. The van der Waals surface area contributed by atoms with Crippen LogP contribution in [0, 0.1) is 10.8 Å². The number of ether oxygens (including phenoxy) is 1. The molecule has 0 fully saturated rings. The summed E-state index contributed by atoms with van der Waals surface area (Å²) >= 11 is 5.69. The summed E-state index contributed by atoms with van der Waals surface area (Å²) in [6.45, 7) is 5.12. The molecule has 1 amide bonds. The van der Waals surface area contributed by atoms with Crippen molar-refractivity contribution in [2.24, 2.45) is 0 Å². The van der Waals surface area contributed by atoms with Crippen LogP contribution in [0.5, 0.6) is 0 Å². The number of hydrogen-bond donors (Lipinski definition) is 3. The molecule has 3 N–H and O–H groups in total. The van der Waals surface area contributed by atoms with Crippen LogP contribution in [0.25, 0.3) is 0 Å². The molecule has 0 spiro atoms. The first-order valence-electron chi connectivity index (χ1n) is 5.54. The standard InChI is InChI=1S/C11H16ClN5O2/c1-11(2,3)19-10(18)15-6-9(14)17-8(13)5-4-7(12)16-17/h4-5,13-14H,6H2,1-3H3,(H,15,18). The fourth-order valence-electron chi connectivity index (χ4n) is 1.15. The van der Waals surface area contributed by atoms with Crippen LogP contribution >= 0.6 is 11.6 Å². The molecule has 104 valence electrons. The molecule has 0 radical (unpaired) electrons. The van der Waals surface area contributed by atoms with E-state index in [2.05, 4.69) is 10.4 Å². The minimum Gasteiger partial charge on any atom is -0.444 e. The lowest BCUT2D eigenvalue weighted by atomic mass is 10.2. The summed E-state index contributed by atoms with van der Waals surface area (Å²) in [6.07, 6.45) is -0.633. The molecule has 0 aromatic carbocycles. The van der Waals surface area contributed by atoms with Gasteiger partial charge in [-0.05, 0) is 32.9 Å². The zero-order chi connectivity index (χ0) is 14.6. The van der Waals surface area contributed by atoms with Gasteiger partial charge in [-0.25, -0.2) is 4.79 Å². The van der Waals surface area contributed by atoms with E-state index in [1.807, 2.05) is 0 Å². The fraction of sp³-hybridized carbons (Fsp3) is 0.455. The molecule has 0 bridgehead atoms. The van der Waals surface area contributed by atoms with E-state index >= 15 is 0 Å². The molecule has 7 nitrogen and oxygen atoms in total. The SMILES string of the molecule is CC(C)(C)OC(=O)NCC(=N)n1nc(Cl)ccc1=N. The normalized spacial score (nSPS) is 10.9. The average Bonchev–Trinajstić information content (AvgIpc) is 2.27. The molecule has 19 heavy (non-hydrogen) atoms. The van der Waals surface area contributed by atoms with Gasteiger partial charge in [0.25, 0.3) is 0 Å². The van der Waals surface area contributed by atoms with E-state index in [1.54, 1.807) is 20.8 Å². The molecule has 0 aliphatic rings. The third kappa shape index (κ3) is 5.09. The number of amides is 1. The maximum absolute atomic E-state index is 11.4. The summed E-state index contributed by atoms with van der Waals surface area (Å²) in [5.74, 6) is -0.0849. The van der Waals surface area contributed by atoms with Gasteiger partial charge < -0.3 is 10.1 Å². The molecule has 0 saturated heterocycles. The first kappa shape index (κ1) is 15.2. The lowest BCUT2D eigenvalue weighted by Gasteiger charge is -2.19. The Morgan fingerprint density at radius 3 is 2.74 bits per heavy atom. The summed E-state index contributed by atoms with van der Waals surface area (Å²) < 4.78 is 6.06. The van der Waals surface area contributed by atoms with Crippen molar-refractivity contribution < 1.29 is 9.53 Å². The first-order chi connectivity index (χ1) is 8.69. The van der Waals surface area contributed by atoms with Gasteiger partial charge in [-0.3, -0.25) is 10.8 Å². The largest absolute Gasteiger partial charge is 0.444 e. The van der Waals surface area contributed by atoms with Gasteiger partial charge in [0.2, 0.25) is 0 Å². The lowest BCUT2D eigenvalue weighted by molar-refractivity contribution is 0.0535. The number of hydrogen-bond acceptors (Lipinski definition) is 5. The fourth-order valence-corrected chi connectivity index (χ4v) is 1.29. The van der Waals surface area contributed by atoms with Gasteiger partial charge >= 0.3 is 6.09 Å². The minimum absolute atomic E-state index is 0.000360. The van der Waals surface area contributed by atoms with E-state index in [0.717, 1.165) is 4.68 Å². The van der Waals surface area contributed by atoms with Crippen LogP contribution in [0.4, 0.5) is 4.79 Å². The number of nitrogens with one attached hydrogen (secondary N) is 3. The molecule has 0 atom stereocenters. The van der Waals surface area contributed by atoms with Crippen LogP contribution in [0.2, 0.25) is 5.15 Å². The van der Waals surface area contributed by atoms with Gasteiger partial charge in [0.15, 0.2) is 0 Å².